The average molecular weight is 494 g/mol. The van der Waals surface area contributed by atoms with Gasteiger partial charge < -0.3 is 30.5 Å². The number of nitrogens with one attached hydrogen (secondary N) is 4. The van der Waals surface area contributed by atoms with Crippen LogP contribution in [0.4, 0.5) is 27.8 Å². The van der Waals surface area contributed by atoms with E-state index in [1.807, 2.05) is 19.2 Å². The normalized spacial score (nSPS) is 10.5. The fraction of sp³-hybridized carbons (Fsp3) is 0.130. The predicted molar refractivity (Wildman–Crippen MR) is 134 cm³/mol. The van der Waals surface area contributed by atoms with Crippen LogP contribution in [-0.2, 0) is 0 Å². The first-order chi connectivity index (χ1) is 16.9. The molecule has 0 aliphatic rings. The van der Waals surface area contributed by atoms with Crippen molar-refractivity contribution in [2.24, 2.45) is 0 Å². The van der Waals surface area contributed by atoms with Crippen LogP contribution in [0.2, 0.25) is 0 Å². The number of methoxy groups -OCH3 is 1. The third kappa shape index (κ3) is 6.32. The number of aromatic hydroxyl groups is 1. The van der Waals surface area contributed by atoms with E-state index in [2.05, 4.69) is 36.1 Å². The highest BCUT2D eigenvalue weighted by molar-refractivity contribution is 7.98. The number of carbonyl (C=O) groups is 1. The number of thioether (sulfide) groups is 1. The lowest BCUT2D eigenvalue weighted by Crippen LogP contribution is -2.19. The molecule has 180 valence electrons. The molecule has 0 aliphatic carbocycles. The lowest BCUT2D eigenvalue weighted by molar-refractivity contribution is 0.262. The summed E-state index contributed by atoms with van der Waals surface area (Å²) in [6.07, 6.45) is 1.94. The van der Waals surface area contributed by atoms with E-state index in [0.29, 0.717) is 40.2 Å². The summed E-state index contributed by atoms with van der Waals surface area (Å²) < 4.78 is 11.3. The van der Waals surface area contributed by atoms with Crippen LogP contribution in [0.3, 0.4) is 0 Å². The molecular weight excluding hydrogens is 470 g/mol. The van der Waals surface area contributed by atoms with Gasteiger partial charge in [0.2, 0.25) is 0 Å². The number of urea groups is 1. The number of anilines is 4. The number of benzene rings is 2. The van der Waals surface area contributed by atoms with Crippen molar-refractivity contribution in [2.45, 2.75) is 11.9 Å². The number of amides is 2. The molecule has 0 unspecified atom stereocenters. The van der Waals surface area contributed by atoms with Crippen molar-refractivity contribution in [3.05, 3.63) is 60.3 Å². The molecule has 2 aromatic carbocycles. The SMILES string of the molecule is COc1cc(NC(=O)Nc2cccc(O)c2)ccc1Oc1nc(C)cc(Nc2cc(SC)n[nH]2)n1. The number of aryl methyl sites for hydroxylation is 1. The number of carbonyl (C=O) groups excluding carboxylic acids is 1. The number of ether oxygens (including phenoxy) is 2. The van der Waals surface area contributed by atoms with Crippen LogP contribution < -0.4 is 25.4 Å². The second-order valence-electron chi connectivity index (χ2n) is 7.22. The van der Waals surface area contributed by atoms with E-state index in [-0.39, 0.29) is 11.8 Å². The Morgan fingerprint density at radius 2 is 1.83 bits per heavy atom. The number of phenolic OH excluding ortho intramolecular Hbond substituents is 1. The molecule has 2 amide bonds. The van der Waals surface area contributed by atoms with Gasteiger partial charge in [-0.2, -0.15) is 10.1 Å². The monoisotopic (exact) mass is 493 g/mol. The first-order valence-corrected chi connectivity index (χ1v) is 11.6. The molecule has 0 aliphatic heterocycles. The number of nitrogens with zero attached hydrogens (tertiary/aromatic N) is 3. The molecule has 0 bridgehead atoms. The lowest BCUT2D eigenvalue weighted by Gasteiger charge is -2.13. The highest BCUT2D eigenvalue weighted by Crippen LogP contribution is 2.33. The van der Waals surface area contributed by atoms with Crippen LogP contribution in [0.15, 0.2) is 59.6 Å². The Bertz CT molecular complexity index is 1350. The molecule has 0 spiro atoms. The highest BCUT2D eigenvalue weighted by atomic mass is 32.2. The number of aromatic amines is 1. The minimum absolute atomic E-state index is 0.0528. The Labute approximate surface area is 205 Å². The standard InChI is InChI=1S/C23H23N7O4S/c1-13-9-19(27-20-12-21(35-3)30-29-20)28-23(24-13)34-17-8-7-15(11-18(17)33-2)26-22(32)25-14-5-4-6-16(31)10-14/h4-12,31H,1-3H3,(H2,25,26,32)(H2,24,27,28,29,30). The van der Waals surface area contributed by atoms with Crippen LogP contribution in [0, 0.1) is 6.92 Å². The predicted octanol–water partition coefficient (Wildman–Crippen LogP) is 5.12. The second-order valence-corrected chi connectivity index (χ2v) is 8.05. The van der Waals surface area contributed by atoms with Crippen LogP contribution >= 0.6 is 11.8 Å². The molecule has 4 aromatic rings. The smallest absolute Gasteiger partial charge is 0.324 e. The number of H-pyrrole nitrogens is 1. The maximum atomic E-state index is 12.3. The molecule has 0 saturated carbocycles. The van der Waals surface area contributed by atoms with Gasteiger partial charge in [-0.1, -0.05) is 6.07 Å². The molecule has 0 fully saturated rings. The molecule has 5 N–H and O–H groups in total. The molecule has 0 atom stereocenters. The molecule has 2 heterocycles. The van der Waals surface area contributed by atoms with Gasteiger partial charge in [0.1, 0.15) is 22.4 Å². The fourth-order valence-electron chi connectivity index (χ4n) is 3.07. The zero-order chi connectivity index (χ0) is 24.8. The number of hydrogen-bond donors (Lipinski definition) is 5. The molecule has 35 heavy (non-hydrogen) atoms. The Kier molecular flexibility index (Phi) is 7.21. The summed E-state index contributed by atoms with van der Waals surface area (Å²) in [7, 11) is 1.49. The van der Waals surface area contributed by atoms with Crippen LogP contribution in [0.25, 0.3) is 0 Å². The topological polar surface area (TPSA) is 146 Å². The summed E-state index contributed by atoms with van der Waals surface area (Å²) in [5, 5.41) is 25.9. The van der Waals surface area contributed by atoms with Crippen molar-refractivity contribution in [1.29, 1.82) is 0 Å². The first kappa shape index (κ1) is 23.7. The number of phenols is 1. The zero-order valence-corrected chi connectivity index (χ0v) is 19.9. The summed E-state index contributed by atoms with van der Waals surface area (Å²) in [5.74, 6) is 2.02. The zero-order valence-electron chi connectivity index (χ0n) is 19.1. The van der Waals surface area contributed by atoms with Gasteiger partial charge in [0, 0.05) is 41.3 Å². The fourth-order valence-corrected chi connectivity index (χ4v) is 3.44. The van der Waals surface area contributed by atoms with E-state index in [1.165, 1.54) is 31.0 Å². The van der Waals surface area contributed by atoms with Crippen molar-refractivity contribution in [2.75, 3.05) is 29.3 Å². The minimum atomic E-state index is -0.479. The van der Waals surface area contributed by atoms with E-state index < -0.39 is 6.03 Å². The molecule has 0 radical (unpaired) electrons. The quantitative estimate of drug-likeness (QED) is 0.211. The maximum Gasteiger partial charge on any atom is 0.324 e. The van der Waals surface area contributed by atoms with Gasteiger partial charge in [-0.05, 0) is 37.4 Å². The average Bonchev–Trinajstić information content (AvgIpc) is 3.27. The Hall–Kier alpha value is -4.45. The Balaban J connectivity index is 1.46. The number of rotatable bonds is 8. The van der Waals surface area contributed by atoms with E-state index in [0.717, 1.165) is 5.03 Å². The Morgan fingerprint density at radius 1 is 1.03 bits per heavy atom. The van der Waals surface area contributed by atoms with Gasteiger partial charge in [0.15, 0.2) is 11.5 Å². The van der Waals surface area contributed by atoms with Crippen LogP contribution in [0.1, 0.15) is 5.69 Å². The molecular formula is C23H23N7O4S. The van der Waals surface area contributed by atoms with E-state index in [4.69, 9.17) is 9.47 Å². The molecule has 4 rings (SSSR count). The second kappa shape index (κ2) is 10.7. The number of aromatic nitrogens is 4. The van der Waals surface area contributed by atoms with Gasteiger partial charge >= 0.3 is 12.0 Å². The summed E-state index contributed by atoms with van der Waals surface area (Å²) in [6.45, 7) is 1.83. The maximum absolute atomic E-state index is 12.3. The lowest BCUT2D eigenvalue weighted by atomic mass is 10.2. The van der Waals surface area contributed by atoms with Crippen molar-refractivity contribution < 1.29 is 19.4 Å². The van der Waals surface area contributed by atoms with Crippen molar-refractivity contribution in [1.82, 2.24) is 20.2 Å². The first-order valence-electron chi connectivity index (χ1n) is 10.4. The summed E-state index contributed by atoms with van der Waals surface area (Å²) in [6, 6.07) is 14.4. The summed E-state index contributed by atoms with van der Waals surface area (Å²) in [5.41, 5.74) is 1.63. The highest BCUT2D eigenvalue weighted by Gasteiger charge is 2.13. The van der Waals surface area contributed by atoms with Crippen molar-refractivity contribution in [3.8, 4) is 23.3 Å². The Morgan fingerprint density at radius 3 is 2.54 bits per heavy atom. The van der Waals surface area contributed by atoms with Gasteiger partial charge in [-0.15, -0.1) is 11.8 Å². The van der Waals surface area contributed by atoms with Crippen molar-refractivity contribution in [3.63, 3.8) is 0 Å². The largest absolute Gasteiger partial charge is 0.508 e. The number of hydrogen-bond acceptors (Lipinski definition) is 9. The summed E-state index contributed by atoms with van der Waals surface area (Å²) in [4.78, 5) is 21.0. The van der Waals surface area contributed by atoms with E-state index in [9.17, 15) is 9.90 Å². The van der Waals surface area contributed by atoms with Gasteiger partial charge in [0.25, 0.3) is 0 Å². The van der Waals surface area contributed by atoms with Gasteiger partial charge in [0.05, 0.1) is 7.11 Å². The molecule has 2 aromatic heterocycles. The summed E-state index contributed by atoms with van der Waals surface area (Å²) >= 11 is 1.52. The van der Waals surface area contributed by atoms with Gasteiger partial charge in [-0.3, -0.25) is 5.10 Å². The molecule has 11 nitrogen and oxygen atoms in total. The minimum Gasteiger partial charge on any atom is -0.508 e. The van der Waals surface area contributed by atoms with E-state index >= 15 is 0 Å². The van der Waals surface area contributed by atoms with Crippen molar-refractivity contribution >= 4 is 40.8 Å². The van der Waals surface area contributed by atoms with E-state index in [1.54, 1.807) is 36.4 Å². The third-order valence-electron chi connectivity index (χ3n) is 4.59. The third-order valence-corrected chi connectivity index (χ3v) is 5.21. The molecule has 12 heteroatoms. The van der Waals surface area contributed by atoms with Crippen LogP contribution in [-0.4, -0.2) is 44.7 Å². The molecule has 0 saturated heterocycles. The van der Waals surface area contributed by atoms with Crippen LogP contribution in [0.5, 0.6) is 23.3 Å². The van der Waals surface area contributed by atoms with Gasteiger partial charge in [-0.25, -0.2) is 9.78 Å².